The summed E-state index contributed by atoms with van der Waals surface area (Å²) in [5.41, 5.74) is -0.938. The highest BCUT2D eigenvalue weighted by molar-refractivity contribution is 7.54. The maximum atomic E-state index is 12.9. The maximum absolute atomic E-state index is 12.9. The van der Waals surface area contributed by atoms with E-state index in [4.69, 9.17) is 14.0 Å². The van der Waals surface area contributed by atoms with Crippen LogP contribution in [-0.2, 0) is 18.6 Å². The van der Waals surface area contributed by atoms with Gasteiger partial charge in [0.05, 0.1) is 11.7 Å². The second-order valence-corrected chi connectivity index (χ2v) is 10.6. The predicted octanol–water partition coefficient (Wildman–Crippen LogP) is 2.23. The van der Waals surface area contributed by atoms with Crippen molar-refractivity contribution < 1.29 is 33.7 Å². The van der Waals surface area contributed by atoms with Gasteiger partial charge in [-0.05, 0) is 39.0 Å². The Kier molecular flexibility index (Phi) is 9.05. The molecular weight excluding hydrogens is 451 g/mol. The van der Waals surface area contributed by atoms with E-state index in [9.17, 15) is 24.5 Å². The molecule has 6 unspecified atom stereocenters. The molecule has 0 radical (unpaired) electrons. The van der Waals surface area contributed by atoms with Gasteiger partial charge in [0, 0.05) is 25.3 Å². The number of aromatic amines is 1. The summed E-state index contributed by atoms with van der Waals surface area (Å²) >= 11 is 0. The van der Waals surface area contributed by atoms with Gasteiger partial charge < -0.3 is 24.6 Å². The number of aromatic nitrogens is 2. The maximum Gasteiger partial charge on any atom is 0.359 e. The van der Waals surface area contributed by atoms with Crippen LogP contribution in [0.5, 0.6) is 0 Å². The highest BCUT2D eigenvalue weighted by Crippen LogP contribution is 2.59. The molecule has 1 aromatic rings. The lowest BCUT2D eigenvalue weighted by molar-refractivity contribution is -0.0618. The van der Waals surface area contributed by atoms with Crippen LogP contribution in [0.25, 0.3) is 0 Å². The molecule has 0 bridgehead atoms. The standard InChI is InChI=1S/C22H35N2O8P/c1-7-11-15-14(13-23-20(26)24-15)18-19(30-6)17(25)16(31-18)12-22(9-3,10-4)32-33(28,29)21(5,27)8-2/h13,16-19,25,27H,8-10,12H2,1-6H3,(H,28,29)(H,23,24,26). The Morgan fingerprint density at radius 2 is 1.94 bits per heavy atom. The zero-order chi connectivity index (χ0) is 25.0. The van der Waals surface area contributed by atoms with Crippen LogP contribution in [0.3, 0.4) is 0 Å². The van der Waals surface area contributed by atoms with E-state index in [1.807, 2.05) is 0 Å². The number of aliphatic hydroxyl groups is 2. The van der Waals surface area contributed by atoms with Crippen molar-refractivity contribution in [1.29, 1.82) is 0 Å². The van der Waals surface area contributed by atoms with Gasteiger partial charge in [0.2, 0.25) is 0 Å². The average Bonchev–Trinajstić information content (AvgIpc) is 3.07. The Morgan fingerprint density at radius 3 is 2.45 bits per heavy atom. The fraction of sp³-hybridized carbons (Fsp3) is 0.727. The molecule has 6 atom stereocenters. The number of H-pyrrole nitrogens is 1. The molecule has 1 fully saturated rings. The number of methoxy groups -OCH3 is 1. The first kappa shape index (κ1) is 27.7. The molecule has 4 N–H and O–H groups in total. The third-order valence-corrected chi connectivity index (χ3v) is 8.63. The summed E-state index contributed by atoms with van der Waals surface area (Å²) in [4.78, 5) is 28.5. The van der Waals surface area contributed by atoms with Crippen molar-refractivity contribution in [3.63, 3.8) is 0 Å². The highest BCUT2D eigenvalue weighted by Gasteiger charge is 2.52. The molecule has 2 rings (SSSR count). The summed E-state index contributed by atoms with van der Waals surface area (Å²) in [6, 6.07) is 0. The number of nitrogens with zero attached hydrogens (tertiary/aromatic N) is 1. The topological polar surface area (TPSA) is 151 Å². The molecule has 0 aliphatic carbocycles. The van der Waals surface area contributed by atoms with Gasteiger partial charge in [0.25, 0.3) is 0 Å². The van der Waals surface area contributed by atoms with Gasteiger partial charge in [0.15, 0.2) is 5.34 Å². The van der Waals surface area contributed by atoms with Crippen LogP contribution in [0.2, 0.25) is 0 Å². The van der Waals surface area contributed by atoms with Crippen LogP contribution < -0.4 is 5.69 Å². The van der Waals surface area contributed by atoms with Gasteiger partial charge in [-0.15, -0.1) is 0 Å². The third kappa shape index (κ3) is 5.75. The average molecular weight is 487 g/mol. The number of nitrogens with one attached hydrogen (secondary N) is 1. The lowest BCUT2D eigenvalue weighted by atomic mass is 9.88. The van der Waals surface area contributed by atoms with Crippen molar-refractivity contribution in [2.75, 3.05) is 7.11 Å². The molecule has 0 spiro atoms. The predicted molar refractivity (Wildman–Crippen MR) is 122 cm³/mol. The first-order valence-corrected chi connectivity index (χ1v) is 12.6. The zero-order valence-corrected chi connectivity index (χ0v) is 20.9. The molecule has 11 heteroatoms. The van der Waals surface area contributed by atoms with E-state index in [1.165, 1.54) is 20.2 Å². The number of ether oxygens (including phenoxy) is 2. The normalized spacial score (nSPS) is 26.8. The molecule has 1 aromatic heterocycles. The first-order chi connectivity index (χ1) is 15.4. The molecule has 1 aliphatic heterocycles. The van der Waals surface area contributed by atoms with Gasteiger partial charge >= 0.3 is 13.3 Å². The first-order valence-electron chi connectivity index (χ1n) is 11.0. The minimum atomic E-state index is -4.43. The monoisotopic (exact) mass is 486 g/mol. The fourth-order valence-electron chi connectivity index (χ4n) is 3.90. The van der Waals surface area contributed by atoms with Gasteiger partial charge in [-0.2, -0.15) is 0 Å². The van der Waals surface area contributed by atoms with E-state index in [2.05, 4.69) is 21.8 Å². The van der Waals surface area contributed by atoms with Gasteiger partial charge in [-0.3, -0.25) is 14.1 Å². The molecular formula is C22H35N2O8P. The summed E-state index contributed by atoms with van der Waals surface area (Å²) in [5, 5.41) is 19.5. The minimum absolute atomic E-state index is 0.0289. The Bertz CT molecular complexity index is 979. The number of hydrogen-bond acceptors (Lipinski definition) is 8. The number of aliphatic hydroxyl groups excluding tert-OH is 1. The lowest BCUT2D eigenvalue weighted by Crippen LogP contribution is -2.42. The Hall–Kier alpha value is -1.57. The van der Waals surface area contributed by atoms with Crippen molar-refractivity contribution >= 4 is 7.60 Å². The molecule has 10 nitrogen and oxygen atoms in total. The van der Waals surface area contributed by atoms with Crippen LogP contribution in [0.15, 0.2) is 11.0 Å². The largest absolute Gasteiger partial charge is 0.388 e. The SMILES string of the molecule is CC#Cc1[nH]c(=O)ncc1C1OC(CC(CC)(CC)OP(=O)(O)C(C)(O)CC)C(O)C1OC. The van der Waals surface area contributed by atoms with Crippen LogP contribution >= 0.6 is 7.60 Å². The molecule has 1 aliphatic rings. The van der Waals surface area contributed by atoms with E-state index in [0.29, 0.717) is 24.1 Å². The van der Waals surface area contributed by atoms with Crippen molar-refractivity contribution in [3.8, 4) is 11.8 Å². The van der Waals surface area contributed by atoms with E-state index >= 15 is 0 Å². The summed E-state index contributed by atoms with van der Waals surface area (Å²) in [7, 11) is -2.99. The summed E-state index contributed by atoms with van der Waals surface area (Å²) in [5.74, 6) is 5.53. The van der Waals surface area contributed by atoms with E-state index in [1.54, 1.807) is 27.7 Å². The summed E-state index contributed by atoms with van der Waals surface area (Å²) in [6.07, 6.45) is -1.37. The van der Waals surface area contributed by atoms with Gasteiger partial charge in [0.1, 0.15) is 24.0 Å². The second-order valence-electron chi connectivity index (χ2n) is 8.46. The third-order valence-electron chi connectivity index (χ3n) is 6.47. The number of rotatable bonds is 10. The molecule has 0 saturated carbocycles. The molecule has 33 heavy (non-hydrogen) atoms. The molecule has 0 amide bonds. The molecule has 0 aromatic carbocycles. The summed E-state index contributed by atoms with van der Waals surface area (Å²) in [6.45, 7) is 8.09. The second kappa shape index (κ2) is 10.8. The van der Waals surface area contributed by atoms with Crippen LogP contribution in [-0.4, -0.2) is 61.4 Å². The van der Waals surface area contributed by atoms with Gasteiger partial charge in [-0.25, -0.2) is 9.78 Å². The molecule has 1 saturated heterocycles. The van der Waals surface area contributed by atoms with Crippen LogP contribution in [0.1, 0.15) is 77.7 Å². The Morgan fingerprint density at radius 1 is 1.30 bits per heavy atom. The lowest BCUT2D eigenvalue weighted by Gasteiger charge is -2.39. The fourth-order valence-corrected chi connectivity index (χ4v) is 5.35. The van der Waals surface area contributed by atoms with Crippen molar-refractivity contribution in [2.24, 2.45) is 0 Å². The molecule has 186 valence electrons. The van der Waals surface area contributed by atoms with Gasteiger partial charge in [-0.1, -0.05) is 26.7 Å². The van der Waals surface area contributed by atoms with E-state index < -0.39 is 48.6 Å². The highest BCUT2D eigenvalue weighted by atomic mass is 31.2. The van der Waals surface area contributed by atoms with Crippen molar-refractivity contribution in [3.05, 3.63) is 27.9 Å². The van der Waals surface area contributed by atoms with Crippen molar-refractivity contribution in [1.82, 2.24) is 9.97 Å². The Balaban J connectivity index is 2.39. The number of hydrogen-bond donors (Lipinski definition) is 4. The molecule has 2 heterocycles. The quantitative estimate of drug-likeness (QED) is 0.288. The van der Waals surface area contributed by atoms with E-state index in [0.717, 1.165) is 0 Å². The Labute approximate surface area is 194 Å². The van der Waals surface area contributed by atoms with Crippen molar-refractivity contribution in [2.45, 2.75) is 95.7 Å². The smallest absolute Gasteiger partial charge is 0.359 e. The summed E-state index contributed by atoms with van der Waals surface area (Å²) < 4.78 is 30.3. The van der Waals surface area contributed by atoms with Crippen LogP contribution in [0, 0.1) is 11.8 Å². The zero-order valence-electron chi connectivity index (χ0n) is 20.0. The minimum Gasteiger partial charge on any atom is -0.388 e. The van der Waals surface area contributed by atoms with E-state index in [-0.39, 0.29) is 12.8 Å². The van der Waals surface area contributed by atoms with Crippen LogP contribution in [0.4, 0.5) is 0 Å².